The molecule has 0 aliphatic rings. The highest BCUT2D eigenvalue weighted by Crippen LogP contribution is 2.65. The highest BCUT2D eigenvalue weighted by Gasteiger charge is 2.96. The van der Waals surface area contributed by atoms with Gasteiger partial charge in [0.05, 0.1) is 0 Å². The average Bonchev–Trinajstić information content (AvgIpc) is 2.52. The van der Waals surface area contributed by atoms with Crippen molar-refractivity contribution in [2.45, 2.75) is 52.8 Å². The summed E-state index contributed by atoms with van der Waals surface area (Å²) in [6.07, 6.45) is 0. The number of aliphatic carboxylic acids is 1. The van der Waals surface area contributed by atoms with Crippen molar-refractivity contribution in [1.29, 1.82) is 0 Å². The van der Waals surface area contributed by atoms with Gasteiger partial charge in [0.25, 0.3) is 0 Å². The molecule has 0 aromatic heterocycles. The Labute approximate surface area is 160 Å². The van der Waals surface area contributed by atoms with Crippen molar-refractivity contribution < 1.29 is 88.9 Å². The Morgan fingerprint density at radius 2 is 0.645 bits per heavy atom. The van der Waals surface area contributed by atoms with Crippen molar-refractivity contribution in [2.24, 2.45) is 0 Å². The first-order valence-electron chi connectivity index (χ1n) is 6.27. The second-order valence-electron chi connectivity index (χ2n) is 5.40. The number of halogens is 19. The number of alkyl halides is 19. The molecule has 0 saturated heterocycles. The predicted octanol–water partition coefficient (Wildman–Crippen LogP) is 5.99. The lowest BCUT2D eigenvalue weighted by molar-refractivity contribution is -0.457. The fourth-order valence-electron chi connectivity index (χ4n) is 1.50. The minimum Gasteiger partial charge on any atom is -0.477 e. The molecule has 0 aliphatic heterocycles. The van der Waals surface area contributed by atoms with Crippen LogP contribution in [0.3, 0.4) is 0 Å². The molecule has 0 atom stereocenters. The van der Waals surface area contributed by atoms with Gasteiger partial charge in [-0.15, -0.1) is 0 Å². The fraction of sp³-hybridized carbons (Fsp3) is 0.900. The summed E-state index contributed by atoms with van der Waals surface area (Å²) in [4.78, 5) is 9.83. The van der Waals surface area contributed by atoms with Gasteiger partial charge in [-0.1, -0.05) is 0 Å². The third-order valence-corrected chi connectivity index (χ3v) is 3.62. The van der Waals surface area contributed by atoms with Crippen LogP contribution in [0.1, 0.15) is 0 Å². The number of hydrogen-bond donors (Lipinski definition) is 1. The number of hydrogen-bond acceptors (Lipinski definition) is 1. The Kier molecular flexibility index (Phi) is 6.66. The molecular weight excluding hydrogens is 530 g/mol. The maximum Gasteiger partial charge on any atom is 0.410 e. The van der Waals surface area contributed by atoms with Gasteiger partial charge in [0.1, 0.15) is 0 Å². The van der Waals surface area contributed by atoms with Gasteiger partial charge in [-0.3, -0.25) is 0 Å². The van der Waals surface area contributed by atoms with Crippen LogP contribution in [0, 0.1) is 0 Å². The molecule has 0 aromatic carbocycles. The van der Waals surface area contributed by atoms with E-state index in [4.69, 9.17) is 5.11 Å². The van der Waals surface area contributed by atoms with E-state index in [1.807, 2.05) is 0 Å². The van der Waals surface area contributed by atoms with Crippen LogP contribution < -0.4 is 0 Å². The van der Waals surface area contributed by atoms with Crippen LogP contribution in [0.4, 0.5) is 79.0 Å². The molecule has 21 heteroatoms. The molecule has 31 heavy (non-hydrogen) atoms. The first-order chi connectivity index (χ1) is 12.9. The molecule has 0 bridgehead atoms. The van der Waals surface area contributed by atoms with Crippen LogP contribution >= 0.6 is 11.6 Å². The van der Waals surface area contributed by atoms with Crippen LogP contribution in [-0.2, 0) is 4.79 Å². The molecular formula is C10HClF18O2. The lowest BCUT2D eigenvalue weighted by Gasteiger charge is -2.43. The standard InChI is InChI=1S/C10HClF18O2/c11-10(28,29)9(26,27)8(24,25)7(22,23)6(20,21)5(18,19)4(16,17)3(14,15)2(12,13)1(30)31/h(H,30,31). The van der Waals surface area contributed by atoms with E-state index >= 15 is 0 Å². The molecule has 0 amide bonds. The van der Waals surface area contributed by atoms with E-state index in [2.05, 4.69) is 11.6 Å². The quantitative estimate of drug-likeness (QED) is 0.294. The van der Waals surface area contributed by atoms with Crippen molar-refractivity contribution in [2.75, 3.05) is 0 Å². The SMILES string of the molecule is O=C(O)C(F)(F)C(F)(F)C(F)(F)C(F)(F)C(F)(F)C(F)(F)C(F)(F)C(F)(F)C(F)(F)Cl. The minimum atomic E-state index is -8.95. The van der Waals surface area contributed by atoms with Gasteiger partial charge in [0.15, 0.2) is 0 Å². The fourth-order valence-corrected chi connectivity index (χ4v) is 1.61. The van der Waals surface area contributed by atoms with Crippen molar-refractivity contribution in [3.05, 3.63) is 0 Å². The molecule has 186 valence electrons. The van der Waals surface area contributed by atoms with Crippen LogP contribution in [0.25, 0.3) is 0 Å². The third-order valence-electron chi connectivity index (χ3n) is 3.38. The average molecular weight is 531 g/mol. The van der Waals surface area contributed by atoms with E-state index in [0.29, 0.717) is 0 Å². The van der Waals surface area contributed by atoms with Gasteiger partial charge in [0.2, 0.25) is 0 Å². The zero-order valence-electron chi connectivity index (χ0n) is 13.0. The normalized spacial score (nSPS) is 16.5. The summed E-state index contributed by atoms with van der Waals surface area (Å²) in [5.74, 6) is -72.1. The molecule has 0 aliphatic carbocycles. The second kappa shape index (κ2) is 7.00. The van der Waals surface area contributed by atoms with E-state index in [1.165, 1.54) is 0 Å². The van der Waals surface area contributed by atoms with Crippen molar-refractivity contribution in [3.63, 3.8) is 0 Å². The largest absolute Gasteiger partial charge is 0.477 e. The molecule has 0 aromatic rings. The molecule has 2 nitrogen and oxygen atoms in total. The van der Waals surface area contributed by atoms with Gasteiger partial charge < -0.3 is 5.11 Å². The topological polar surface area (TPSA) is 37.3 Å². The number of carboxylic acid groups (broad SMARTS) is 1. The molecule has 0 unspecified atom stereocenters. The van der Waals surface area contributed by atoms with E-state index < -0.39 is 58.7 Å². The van der Waals surface area contributed by atoms with Gasteiger partial charge in [0, 0.05) is 0 Å². The Morgan fingerprint density at radius 3 is 0.839 bits per heavy atom. The summed E-state index contributed by atoms with van der Waals surface area (Å²) < 4.78 is 232. The van der Waals surface area contributed by atoms with Crippen LogP contribution in [-0.4, -0.2) is 63.8 Å². The number of carboxylic acids is 1. The highest BCUT2D eigenvalue weighted by molar-refractivity contribution is 6.22. The van der Waals surface area contributed by atoms with E-state index in [0.717, 1.165) is 0 Å². The molecule has 0 saturated carbocycles. The van der Waals surface area contributed by atoms with E-state index in [1.54, 1.807) is 0 Å². The summed E-state index contributed by atoms with van der Waals surface area (Å²) in [7, 11) is 0. The zero-order valence-corrected chi connectivity index (χ0v) is 13.8. The Morgan fingerprint density at radius 1 is 0.452 bits per heavy atom. The van der Waals surface area contributed by atoms with E-state index in [9.17, 15) is 83.8 Å². The van der Waals surface area contributed by atoms with E-state index in [-0.39, 0.29) is 0 Å². The number of carbonyl (C=O) groups is 1. The Bertz CT molecular complexity index is 707. The first kappa shape index (κ1) is 29.5. The molecule has 0 spiro atoms. The smallest absolute Gasteiger partial charge is 0.410 e. The molecule has 0 radical (unpaired) electrons. The summed E-state index contributed by atoms with van der Waals surface area (Å²) >= 11 is 3.28. The lowest BCUT2D eigenvalue weighted by atomic mass is 9.87. The molecule has 0 heterocycles. The van der Waals surface area contributed by atoms with Crippen molar-refractivity contribution in [1.82, 2.24) is 0 Å². The lowest BCUT2D eigenvalue weighted by Crippen LogP contribution is -2.76. The van der Waals surface area contributed by atoms with Gasteiger partial charge >= 0.3 is 58.7 Å². The maximum atomic E-state index is 13.2. The maximum absolute atomic E-state index is 13.2. The van der Waals surface area contributed by atoms with Gasteiger partial charge in [-0.05, 0) is 11.6 Å². The summed E-state index contributed by atoms with van der Waals surface area (Å²) in [6, 6.07) is 0. The molecule has 1 N–H and O–H groups in total. The Hall–Kier alpha value is -1.50. The minimum absolute atomic E-state index is 3.28. The zero-order chi connectivity index (χ0) is 26.1. The predicted molar refractivity (Wildman–Crippen MR) is 58.0 cm³/mol. The van der Waals surface area contributed by atoms with Crippen molar-refractivity contribution >= 4 is 17.6 Å². The third kappa shape index (κ3) is 3.42. The summed E-state index contributed by atoms with van der Waals surface area (Å²) in [6.45, 7) is 0. The van der Waals surface area contributed by atoms with Crippen LogP contribution in [0.5, 0.6) is 0 Å². The van der Waals surface area contributed by atoms with Gasteiger partial charge in [-0.2, -0.15) is 79.0 Å². The van der Waals surface area contributed by atoms with Crippen molar-refractivity contribution in [3.8, 4) is 0 Å². The van der Waals surface area contributed by atoms with Crippen LogP contribution in [0.15, 0.2) is 0 Å². The number of rotatable bonds is 9. The summed E-state index contributed by atoms with van der Waals surface area (Å²) in [5, 5.41) is 0.655. The monoisotopic (exact) mass is 530 g/mol. The molecule has 0 fully saturated rings. The first-order valence-corrected chi connectivity index (χ1v) is 6.65. The summed E-state index contributed by atoms with van der Waals surface area (Å²) in [5.41, 5.74) is 0. The van der Waals surface area contributed by atoms with Gasteiger partial charge in [-0.25, -0.2) is 4.79 Å². The Balaban J connectivity index is 6.95. The second-order valence-corrected chi connectivity index (χ2v) is 5.87. The van der Waals surface area contributed by atoms with Crippen LogP contribution in [0.2, 0.25) is 0 Å². The highest BCUT2D eigenvalue weighted by atomic mass is 35.5. The molecule has 0 rings (SSSR count).